The van der Waals surface area contributed by atoms with Crippen LogP contribution in [0.3, 0.4) is 0 Å². The maximum atomic E-state index is 12.2. The van der Waals surface area contributed by atoms with Gasteiger partial charge in [0.2, 0.25) is 0 Å². The van der Waals surface area contributed by atoms with Crippen LogP contribution in [0.4, 0.5) is 0 Å². The lowest BCUT2D eigenvalue weighted by molar-refractivity contribution is 0.0938. The topological polar surface area (TPSA) is 38.3 Å². The van der Waals surface area contributed by atoms with Crippen LogP contribution < -0.4 is 10.1 Å². The minimum atomic E-state index is -0.0401. The zero-order valence-corrected chi connectivity index (χ0v) is 14.1. The number of aryl methyl sites for hydroxylation is 1. The lowest BCUT2D eigenvalue weighted by Gasteiger charge is -2.14. The van der Waals surface area contributed by atoms with Gasteiger partial charge in [-0.1, -0.05) is 30.3 Å². The molecule has 3 nitrogen and oxygen atoms in total. The molecule has 0 saturated carbocycles. The molecule has 23 heavy (non-hydrogen) atoms. The molecule has 0 aliphatic rings. The average molecular weight is 311 g/mol. The Morgan fingerprint density at radius 3 is 2.26 bits per heavy atom. The van der Waals surface area contributed by atoms with Crippen molar-refractivity contribution < 1.29 is 9.53 Å². The lowest BCUT2D eigenvalue weighted by atomic mass is 10.1. The molecule has 0 aliphatic carbocycles. The molecule has 0 radical (unpaired) electrons. The number of benzene rings is 2. The van der Waals surface area contributed by atoms with Gasteiger partial charge in [-0.2, -0.15) is 0 Å². The van der Waals surface area contributed by atoms with E-state index in [-0.39, 0.29) is 18.1 Å². The Labute approximate surface area is 138 Å². The zero-order chi connectivity index (χ0) is 16.7. The van der Waals surface area contributed by atoms with Gasteiger partial charge >= 0.3 is 0 Å². The summed E-state index contributed by atoms with van der Waals surface area (Å²) in [5.74, 6) is 0.746. The zero-order valence-electron chi connectivity index (χ0n) is 14.1. The normalized spacial score (nSPS) is 12.0. The maximum Gasteiger partial charge on any atom is 0.251 e. The van der Waals surface area contributed by atoms with E-state index in [2.05, 4.69) is 17.4 Å². The van der Waals surface area contributed by atoms with Crippen LogP contribution in [-0.4, -0.2) is 18.1 Å². The van der Waals surface area contributed by atoms with E-state index in [9.17, 15) is 4.79 Å². The molecule has 0 spiro atoms. The Morgan fingerprint density at radius 1 is 1.00 bits per heavy atom. The summed E-state index contributed by atoms with van der Waals surface area (Å²) in [4.78, 5) is 12.2. The van der Waals surface area contributed by atoms with Crippen molar-refractivity contribution >= 4 is 5.91 Å². The van der Waals surface area contributed by atoms with E-state index in [1.807, 2.05) is 51.1 Å². The third kappa shape index (κ3) is 5.78. The number of rotatable bonds is 7. The fraction of sp³-hybridized carbons (Fsp3) is 0.350. The van der Waals surface area contributed by atoms with Crippen molar-refractivity contribution in [3.63, 3.8) is 0 Å². The summed E-state index contributed by atoms with van der Waals surface area (Å²) in [5, 5.41) is 3.05. The number of hydrogen-bond donors (Lipinski definition) is 1. The number of nitrogens with one attached hydrogen (secondary N) is 1. The molecule has 2 aromatic carbocycles. The molecule has 1 unspecified atom stereocenters. The van der Waals surface area contributed by atoms with Crippen molar-refractivity contribution in [2.45, 2.75) is 45.8 Å². The maximum absolute atomic E-state index is 12.2. The van der Waals surface area contributed by atoms with Crippen LogP contribution in [0, 0.1) is 0 Å². The predicted octanol–water partition coefficient (Wildman–Crippen LogP) is 4.22. The standard InChI is InChI=1S/C20H25NO2/c1-15(2)23-19-13-11-18(12-14-19)20(22)21-16(3)9-10-17-7-5-4-6-8-17/h4-8,11-16H,9-10H2,1-3H3,(H,21,22). The molecule has 1 N–H and O–H groups in total. The Balaban J connectivity index is 1.83. The van der Waals surface area contributed by atoms with E-state index < -0.39 is 0 Å². The van der Waals surface area contributed by atoms with E-state index >= 15 is 0 Å². The van der Waals surface area contributed by atoms with Crippen LogP contribution in [0.1, 0.15) is 43.1 Å². The van der Waals surface area contributed by atoms with Crippen LogP contribution in [-0.2, 0) is 6.42 Å². The third-order valence-corrected chi connectivity index (χ3v) is 3.57. The number of carbonyl (C=O) groups is 1. The second-order valence-electron chi connectivity index (χ2n) is 6.09. The molecule has 0 aromatic heterocycles. The summed E-state index contributed by atoms with van der Waals surface area (Å²) in [5.41, 5.74) is 1.96. The predicted molar refractivity (Wildman–Crippen MR) is 93.9 cm³/mol. The Morgan fingerprint density at radius 2 is 1.65 bits per heavy atom. The first-order valence-corrected chi connectivity index (χ1v) is 8.16. The van der Waals surface area contributed by atoms with Gasteiger partial charge < -0.3 is 10.1 Å². The molecule has 0 aliphatic heterocycles. The number of ether oxygens (including phenoxy) is 1. The van der Waals surface area contributed by atoms with E-state index in [1.54, 1.807) is 12.1 Å². The van der Waals surface area contributed by atoms with Crippen molar-refractivity contribution in [3.05, 3.63) is 65.7 Å². The number of hydrogen-bond acceptors (Lipinski definition) is 2. The van der Waals surface area contributed by atoms with Gasteiger partial charge in [-0.25, -0.2) is 0 Å². The number of carbonyl (C=O) groups excluding carboxylic acids is 1. The summed E-state index contributed by atoms with van der Waals surface area (Å²) in [7, 11) is 0. The highest BCUT2D eigenvalue weighted by atomic mass is 16.5. The molecule has 1 atom stereocenters. The van der Waals surface area contributed by atoms with Crippen molar-refractivity contribution in [1.82, 2.24) is 5.32 Å². The highest BCUT2D eigenvalue weighted by Crippen LogP contribution is 2.14. The van der Waals surface area contributed by atoms with E-state index in [0.29, 0.717) is 5.56 Å². The SMILES string of the molecule is CC(CCc1ccccc1)NC(=O)c1ccc(OC(C)C)cc1. The van der Waals surface area contributed by atoms with Gasteiger partial charge in [0.15, 0.2) is 0 Å². The molecule has 1 amide bonds. The molecule has 0 fully saturated rings. The highest BCUT2D eigenvalue weighted by molar-refractivity contribution is 5.94. The van der Waals surface area contributed by atoms with Crippen LogP contribution in [0.5, 0.6) is 5.75 Å². The molecule has 2 aromatic rings. The van der Waals surface area contributed by atoms with E-state index in [0.717, 1.165) is 18.6 Å². The van der Waals surface area contributed by atoms with Gasteiger partial charge in [-0.3, -0.25) is 4.79 Å². The van der Waals surface area contributed by atoms with Crippen LogP contribution >= 0.6 is 0 Å². The van der Waals surface area contributed by atoms with Gasteiger partial charge in [0, 0.05) is 11.6 Å². The smallest absolute Gasteiger partial charge is 0.251 e. The quantitative estimate of drug-likeness (QED) is 0.831. The molecule has 0 saturated heterocycles. The van der Waals surface area contributed by atoms with Gasteiger partial charge in [-0.15, -0.1) is 0 Å². The molecular formula is C20H25NO2. The average Bonchev–Trinajstić information content (AvgIpc) is 2.54. The Hall–Kier alpha value is -2.29. The monoisotopic (exact) mass is 311 g/mol. The van der Waals surface area contributed by atoms with Gasteiger partial charge in [0.1, 0.15) is 5.75 Å². The van der Waals surface area contributed by atoms with Crippen molar-refractivity contribution in [2.75, 3.05) is 0 Å². The largest absolute Gasteiger partial charge is 0.491 e. The second-order valence-corrected chi connectivity index (χ2v) is 6.09. The molecule has 0 bridgehead atoms. The minimum absolute atomic E-state index is 0.0401. The highest BCUT2D eigenvalue weighted by Gasteiger charge is 2.10. The molecular weight excluding hydrogens is 286 g/mol. The lowest BCUT2D eigenvalue weighted by Crippen LogP contribution is -2.32. The second kappa shape index (κ2) is 8.37. The Kier molecular flexibility index (Phi) is 6.21. The van der Waals surface area contributed by atoms with E-state index in [1.165, 1.54) is 5.56 Å². The molecule has 122 valence electrons. The van der Waals surface area contributed by atoms with Crippen LogP contribution in [0.25, 0.3) is 0 Å². The van der Waals surface area contributed by atoms with Gasteiger partial charge in [0.25, 0.3) is 5.91 Å². The van der Waals surface area contributed by atoms with Gasteiger partial charge in [0.05, 0.1) is 6.10 Å². The minimum Gasteiger partial charge on any atom is -0.491 e. The summed E-state index contributed by atoms with van der Waals surface area (Å²) < 4.78 is 5.59. The third-order valence-electron chi connectivity index (χ3n) is 3.57. The fourth-order valence-electron chi connectivity index (χ4n) is 2.36. The van der Waals surface area contributed by atoms with Gasteiger partial charge in [-0.05, 0) is 63.4 Å². The van der Waals surface area contributed by atoms with Crippen LogP contribution in [0.15, 0.2) is 54.6 Å². The Bertz CT molecular complexity index is 605. The summed E-state index contributed by atoms with van der Waals surface area (Å²) >= 11 is 0. The summed E-state index contributed by atoms with van der Waals surface area (Å²) in [6.07, 6.45) is 2.01. The first-order valence-electron chi connectivity index (χ1n) is 8.16. The molecule has 0 heterocycles. The van der Waals surface area contributed by atoms with Crippen molar-refractivity contribution in [2.24, 2.45) is 0 Å². The summed E-state index contributed by atoms with van der Waals surface area (Å²) in [6.45, 7) is 6.00. The fourth-order valence-corrected chi connectivity index (χ4v) is 2.36. The first-order chi connectivity index (χ1) is 11.0. The molecule has 3 heteroatoms. The van der Waals surface area contributed by atoms with Crippen molar-refractivity contribution in [3.8, 4) is 5.75 Å². The number of amides is 1. The van der Waals surface area contributed by atoms with E-state index in [4.69, 9.17) is 4.74 Å². The molecule has 2 rings (SSSR count). The van der Waals surface area contributed by atoms with Crippen molar-refractivity contribution in [1.29, 1.82) is 0 Å². The summed E-state index contributed by atoms with van der Waals surface area (Å²) in [6, 6.07) is 17.7. The van der Waals surface area contributed by atoms with Crippen LogP contribution in [0.2, 0.25) is 0 Å². The first kappa shape index (κ1) is 17.1.